The van der Waals surface area contributed by atoms with E-state index >= 15 is 0 Å². The van der Waals surface area contributed by atoms with Gasteiger partial charge in [0.15, 0.2) is 0 Å². The van der Waals surface area contributed by atoms with E-state index in [2.05, 4.69) is 12.2 Å². The molecule has 1 unspecified atom stereocenters. The van der Waals surface area contributed by atoms with Crippen molar-refractivity contribution < 1.29 is 9.53 Å². The van der Waals surface area contributed by atoms with Gasteiger partial charge in [0.25, 0.3) is 0 Å². The highest BCUT2D eigenvalue weighted by Crippen LogP contribution is 2.56. The third-order valence-electron chi connectivity index (χ3n) is 4.70. The van der Waals surface area contributed by atoms with Crippen LogP contribution in [0.2, 0.25) is 0 Å². The second-order valence-electron chi connectivity index (χ2n) is 5.82. The highest BCUT2D eigenvalue weighted by Gasteiger charge is 2.43. The van der Waals surface area contributed by atoms with Crippen molar-refractivity contribution in [2.75, 3.05) is 7.11 Å². The smallest absolute Gasteiger partial charge is 0.122 e. The lowest BCUT2D eigenvalue weighted by Crippen LogP contribution is -2.12. The molecule has 0 heterocycles. The van der Waals surface area contributed by atoms with Crippen LogP contribution in [0.25, 0.3) is 0 Å². The van der Waals surface area contributed by atoms with E-state index in [9.17, 15) is 4.79 Å². The molecule has 2 heteroatoms. The first-order chi connectivity index (χ1) is 8.28. The average Bonchev–Trinajstić information content (AvgIpc) is 2.93. The van der Waals surface area contributed by atoms with Gasteiger partial charge in [-0.25, -0.2) is 0 Å². The summed E-state index contributed by atoms with van der Waals surface area (Å²) >= 11 is 0. The van der Waals surface area contributed by atoms with Gasteiger partial charge in [-0.05, 0) is 56.3 Å². The summed E-state index contributed by atoms with van der Waals surface area (Å²) in [5, 5.41) is 0. The molecule has 2 bridgehead atoms. The van der Waals surface area contributed by atoms with Gasteiger partial charge in [0.1, 0.15) is 6.29 Å². The Labute approximate surface area is 104 Å². The number of hydrogen-bond donors (Lipinski definition) is 0. The quantitative estimate of drug-likeness (QED) is 0.499. The van der Waals surface area contributed by atoms with Gasteiger partial charge in [0.05, 0.1) is 6.10 Å². The lowest BCUT2D eigenvalue weighted by molar-refractivity contribution is -0.109. The monoisotopic (exact) mass is 236 g/mol. The Morgan fingerprint density at radius 2 is 2.06 bits per heavy atom. The minimum atomic E-state index is 0.0705. The number of fused-ring (bicyclic) bond motifs is 2. The molecule has 2 fully saturated rings. The van der Waals surface area contributed by atoms with Crippen LogP contribution in [-0.2, 0) is 9.53 Å². The Hall–Kier alpha value is -0.630. The molecule has 1 atom stereocenters. The number of allylic oxidation sites excluding steroid dienone is 1. The summed E-state index contributed by atoms with van der Waals surface area (Å²) in [5.41, 5.74) is 0.647. The Balaban J connectivity index is 1.72. The molecule has 2 nitrogen and oxygen atoms in total. The molecular formula is C15H24O2. The molecule has 0 radical (unpaired) electrons. The van der Waals surface area contributed by atoms with Crippen molar-refractivity contribution in [3.8, 4) is 0 Å². The van der Waals surface area contributed by atoms with E-state index in [0.717, 1.165) is 18.6 Å². The largest absolute Gasteiger partial charge is 0.381 e. The molecular weight excluding hydrogens is 212 g/mol. The third kappa shape index (κ3) is 3.19. The molecule has 0 aromatic rings. The summed E-state index contributed by atoms with van der Waals surface area (Å²) < 4.78 is 5.24. The zero-order valence-electron chi connectivity index (χ0n) is 10.9. The fourth-order valence-electron chi connectivity index (χ4n) is 3.58. The van der Waals surface area contributed by atoms with Crippen molar-refractivity contribution in [3.05, 3.63) is 12.2 Å². The van der Waals surface area contributed by atoms with Crippen LogP contribution >= 0.6 is 0 Å². The zero-order valence-corrected chi connectivity index (χ0v) is 10.9. The summed E-state index contributed by atoms with van der Waals surface area (Å²) in [5.74, 6) is 1.03. The van der Waals surface area contributed by atoms with E-state index in [4.69, 9.17) is 4.74 Å². The molecule has 17 heavy (non-hydrogen) atoms. The maximum atomic E-state index is 10.4. The lowest BCUT2D eigenvalue weighted by Gasteiger charge is -2.24. The number of rotatable bonds is 7. The fraction of sp³-hybridized carbons (Fsp3) is 0.800. The van der Waals surface area contributed by atoms with E-state index in [-0.39, 0.29) is 6.10 Å². The minimum Gasteiger partial charge on any atom is -0.381 e. The van der Waals surface area contributed by atoms with Crippen LogP contribution in [0.3, 0.4) is 0 Å². The molecule has 0 aromatic heterocycles. The van der Waals surface area contributed by atoms with Gasteiger partial charge in [-0.1, -0.05) is 12.2 Å². The van der Waals surface area contributed by atoms with Crippen molar-refractivity contribution in [2.24, 2.45) is 11.3 Å². The Bertz CT molecular complexity index is 275. The topological polar surface area (TPSA) is 26.3 Å². The van der Waals surface area contributed by atoms with Crippen molar-refractivity contribution in [3.63, 3.8) is 0 Å². The summed E-state index contributed by atoms with van der Waals surface area (Å²) in [6, 6.07) is 0. The van der Waals surface area contributed by atoms with Crippen LogP contribution in [0.15, 0.2) is 12.2 Å². The molecule has 2 rings (SSSR count). The van der Waals surface area contributed by atoms with Gasteiger partial charge in [-0.3, -0.25) is 0 Å². The van der Waals surface area contributed by atoms with Crippen LogP contribution < -0.4 is 0 Å². The number of hydrogen-bond acceptors (Lipinski definition) is 2. The molecule has 0 amide bonds. The van der Waals surface area contributed by atoms with Crippen LogP contribution in [0.5, 0.6) is 0 Å². The van der Waals surface area contributed by atoms with Gasteiger partial charge in [-0.15, -0.1) is 0 Å². The molecule has 96 valence electrons. The van der Waals surface area contributed by atoms with E-state index in [1.807, 2.05) is 0 Å². The van der Waals surface area contributed by atoms with Crippen molar-refractivity contribution in [2.45, 2.75) is 57.5 Å². The molecule has 0 aromatic carbocycles. The first kappa shape index (κ1) is 12.8. The first-order valence-electron chi connectivity index (χ1n) is 6.89. The number of carbonyl (C=O) groups is 1. The van der Waals surface area contributed by atoms with Crippen molar-refractivity contribution in [1.29, 1.82) is 0 Å². The molecule has 2 saturated carbocycles. The van der Waals surface area contributed by atoms with Gasteiger partial charge in [-0.2, -0.15) is 0 Å². The molecule has 0 saturated heterocycles. The second kappa shape index (κ2) is 5.81. The molecule has 2 aliphatic carbocycles. The summed E-state index contributed by atoms with van der Waals surface area (Å²) in [4.78, 5) is 10.4. The number of ether oxygens (including phenoxy) is 1. The number of aldehydes is 1. The summed E-state index contributed by atoms with van der Waals surface area (Å²) in [6.07, 6.45) is 15.4. The Morgan fingerprint density at radius 3 is 2.59 bits per heavy atom. The molecule has 0 N–H and O–H groups in total. The first-order valence-corrected chi connectivity index (χ1v) is 6.89. The van der Waals surface area contributed by atoms with Gasteiger partial charge >= 0.3 is 0 Å². The maximum Gasteiger partial charge on any atom is 0.122 e. The SMILES string of the molecule is COC(CC=O)CC=CCC12CCC(CC1)C2. The average molecular weight is 236 g/mol. The van der Waals surface area contributed by atoms with Crippen molar-refractivity contribution in [1.82, 2.24) is 0 Å². The van der Waals surface area contributed by atoms with Gasteiger partial charge in [0.2, 0.25) is 0 Å². The fourth-order valence-corrected chi connectivity index (χ4v) is 3.58. The molecule has 2 aliphatic rings. The van der Waals surface area contributed by atoms with Crippen LogP contribution in [0.1, 0.15) is 51.4 Å². The van der Waals surface area contributed by atoms with E-state index in [1.165, 1.54) is 38.5 Å². The lowest BCUT2D eigenvalue weighted by atomic mass is 9.81. The highest BCUT2D eigenvalue weighted by atomic mass is 16.5. The third-order valence-corrected chi connectivity index (χ3v) is 4.70. The Kier molecular flexibility index (Phi) is 4.38. The standard InChI is InChI=1S/C15H24O2/c1-17-14(7-11-16)4-2-3-8-15-9-5-13(12-15)6-10-15/h2-3,11,13-14H,4-10,12H2,1H3. The van der Waals surface area contributed by atoms with Crippen LogP contribution in [-0.4, -0.2) is 19.5 Å². The summed E-state index contributed by atoms with van der Waals surface area (Å²) in [7, 11) is 1.68. The summed E-state index contributed by atoms with van der Waals surface area (Å²) in [6.45, 7) is 0. The minimum absolute atomic E-state index is 0.0705. The zero-order chi connectivity index (χ0) is 12.1. The van der Waals surface area contributed by atoms with Crippen LogP contribution in [0.4, 0.5) is 0 Å². The highest BCUT2D eigenvalue weighted by molar-refractivity contribution is 5.50. The normalized spacial score (nSPS) is 33.4. The predicted molar refractivity (Wildman–Crippen MR) is 68.9 cm³/mol. The van der Waals surface area contributed by atoms with E-state index in [1.54, 1.807) is 7.11 Å². The Morgan fingerprint density at radius 1 is 1.29 bits per heavy atom. The van der Waals surface area contributed by atoms with Crippen molar-refractivity contribution >= 4 is 6.29 Å². The van der Waals surface area contributed by atoms with Crippen LogP contribution in [0, 0.1) is 11.3 Å². The van der Waals surface area contributed by atoms with E-state index < -0.39 is 0 Å². The van der Waals surface area contributed by atoms with Gasteiger partial charge < -0.3 is 9.53 Å². The predicted octanol–water partition coefficient (Wildman–Crippen LogP) is 3.51. The molecule has 0 aliphatic heterocycles. The molecule has 0 spiro atoms. The number of methoxy groups -OCH3 is 1. The van der Waals surface area contributed by atoms with E-state index in [0.29, 0.717) is 11.8 Å². The maximum absolute atomic E-state index is 10.4. The van der Waals surface area contributed by atoms with Gasteiger partial charge in [0, 0.05) is 13.5 Å². The second-order valence-corrected chi connectivity index (χ2v) is 5.82. The number of carbonyl (C=O) groups excluding carboxylic acids is 1.